The molecule has 6 heteroatoms. The SMILES string of the molecule is O=C(O)c1ccc(NC(=O)c2c(O)cccc2O)cc1. The Balaban J connectivity index is 2.21. The highest BCUT2D eigenvalue weighted by Gasteiger charge is 2.16. The summed E-state index contributed by atoms with van der Waals surface area (Å²) in [4.78, 5) is 22.6. The normalized spacial score (nSPS) is 10.0. The Hall–Kier alpha value is -3.02. The first-order chi connectivity index (χ1) is 9.49. The van der Waals surface area contributed by atoms with Gasteiger partial charge in [0, 0.05) is 5.69 Å². The van der Waals surface area contributed by atoms with Crippen LogP contribution in [0.2, 0.25) is 0 Å². The smallest absolute Gasteiger partial charge is 0.335 e. The summed E-state index contributed by atoms with van der Waals surface area (Å²) in [5, 5.41) is 30.3. The number of rotatable bonds is 3. The quantitative estimate of drug-likeness (QED) is 0.684. The molecule has 0 fully saturated rings. The van der Waals surface area contributed by atoms with Gasteiger partial charge in [-0.1, -0.05) is 6.07 Å². The summed E-state index contributed by atoms with van der Waals surface area (Å²) in [6, 6.07) is 9.47. The summed E-state index contributed by atoms with van der Waals surface area (Å²) in [6.07, 6.45) is 0. The van der Waals surface area contributed by atoms with Crippen LogP contribution < -0.4 is 5.32 Å². The lowest BCUT2D eigenvalue weighted by Crippen LogP contribution is -2.12. The van der Waals surface area contributed by atoms with Crippen LogP contribution in [0.3, 0.4) is 0 Å². The van der Waals surface area contributed by atoms with E-state index in [2.05, 4.69) is 5.32 Å². The molecule has 4 N–H and O–H groups in total. The summed E-state index contributed by atoms with van der Waals surface area (Å²) in [5.41, 5.74) is 0.200. The lowest BCUT2D eigenvalue weighted by molar-refractivity contribution is 0.0696. The Bertz CT molecular complexity index is 644. The molecule has 0 aliphatic carbocycles. The Morgan fingerprint density at radius 1 is 0.900 bits per heavy atom. The van der Waals surface area contributed by atoms with Crippen LogP contribution in [0.25, 0.3) is 0 Å². The molecule has 0 aromatic heterocycles. The fraction of sp³-hybridized carbons (Fsp3) is 0. The molecule has 0 aliphatic heterocycles. The number of carbonyl (C=O) groups excluding carboxylic acids is 1. The highest BCUT2D eigenvalue weighted by molar-refractivity contribution is 6.08. The van der Waals surface area contributed by atoms with E-state index in [1.54, 1.807) is 0 Å². The van der Waals surface area contributed by atoms with Crippen molar-refractivity contribution in [2.24, 2.45) is 0 Å². The Kier molecular flexibility index (Phi) is 3.56. The van der Waals surface area contributed by atoms with E-state index < -0.39 is 11.9 Å². The maximum Gasteiger partial charge on any atom is 0.335 e. The third-order valence-electron chi connectivity index (χ3n) is 2.64. The predicted molar refractivity (Wildman–Crippen MR) is 71.1 cm³/mol. The van der Waals surface area contributed by atoms with Gasteiger partial charge < -0.3 is 20.6 Å². The second kappa shape index (κ2) is 5.31. The van der Waals surface area contributed by atoms with Gasteiger partial charge in [-0.15, -0.1) is 0 Å². The van der Waals surface area contributed by atoms with Gasteiger partial charge >= 0.3 is 5.97 Å². The summed E-state index contributed by atoms with van der Waals surface area (Å²) >= 11 is 0. The number of nitrogens with one attached hydrogen (secondary N) is 1. The van der Waals surface area contributed by atoms with Gasteiger partial charge in [-0.2, -0.15) is 0 Å². The molecule has 1 amide bonds. The molecule has 0 heterocycles. The minimum atomic E-state index is -1.07. The van der Waals surface area contributed by atoms with Gasteiger partial charge in [0.2, 0.25) is 0 Å². The Labute approximate surface area is 113 Å². The number of aromatic carboxylic acids is 1. The van der Waals surface area contributed by atoms with Gasteiger partial charge in [0.25, 0.3) is 5.91 Å². The summed E-state index contributed by atoms with van der Waals surface area (Å²) < 4.78 is 0. The number of amides is 1. The number of phenolic OH excluding ortho intramolecular Hbond substituents is 2. The minimum Gasteiger partial charge on any atom is -0.507 e. The van der Waals surface area contributed by atoms with Gasteiger partial charge in [-0.3, -0.25) is 4.79 Å². The van der Waals surface area contributed by atoms with E-state index in [1.807, 2.05) is 0 Å². The summed E-state index contributed by atoms with van der Waals surface area (Å²) in [6.45, 7) is 0. The first-order valence-electron chi connectivity index (χ1n) is 5.64. The van der Waals surface area contributed by atoms with E-state index >= 15 is 0 Å². The number of carboxylic acid groups (broad SMARTS) is 1. The number of aromatic hydroxyl groups is 2. The van der Waals surface area contributed by atoms with Crippen LogP contribution in [0.1, 0.15) is 20.7 Å². The molecule has 0 bridgehead atoms. The maximum absolute atomic E-state index is 11.9. The van der Waals surface area contributed by atoms with E-state index in [-0.39, 0.29) is 22.6 Å². The highest BCUT2D eigenvalue weighted by atomic mass is 16.4. The second-order valence-electron chi connectivity index (χ2n) is 4.01. The molecule has 2 aromatic rings. The predicted octanol–water partition coefficient (Wildman–Crippen LogP) is 2.05. The molecule has 2 aromatic carbocycles. The molecule has 0 saturated heterocycles. The maximum atomic E-state index is 11.9. The van der Waals surface area contributed by atoms with Crippen molar-refractivity contribution in [2.45, 2.75) is 0 Å². The minimum absolute atomic E-state index is 0.0911. The molecule has 0 unspecified atom stereocenters. The van der Waals surface area contributed by atoms with E-state index in [9.17, 15) is 19.8 Å². The van der Waals surface area contributed by atoms with Crippen molar-refractivity contribution in [3.05, 3.63) is 53.6 Å². The average molecular weight is 273 g/mol. The first kappa shape index (κ1) is 13.4. The molecule has 0 aliphatic rings. The van der Waals surface area contributed by atoms with Crippen molar-refractivity contribution in [1.29, 1.82) is 0 Å². The average Bonchev–Trinajstić information content (AvgIpc) is 2.39. The van der Waals surface area contributed by atoms with Crippen molar-refractivity contribution >= 4 is 17.6 Å². The second-order valence-corrected chi connectivity index (χ2v) is 4.01. The van der Waals surface area contributed by atoms with E-state index in [4.69, 9.17) is 5.11 Å². The largest absolute Gasteiger partial charge is 0.507 e. The van der Waals surface area contributed by atoms with Gasteiger partial charge in [0.15, 0.2) is 0 Å². The van der Waals surface area contributed by atoms with Crippen LogP contribution in [-0.4, -0.2) is 27.2 Å². The first-order valence-corrected chi connectivity index (χ1v) is 5.64. The fourth-order valence-electron chi connectivity index (χ4n) is 1.65. The lowest BCUT2D eigenvalue weighted by Gasteiger charge is -2.08. The molecule has 0 atom stereocenters. The molecule has 6 nitrogen and oxygen atoms in total. The molecule has 0 spiro atoms. The number of benzene rings is 2. The van der Waals surface area contributed by atoms with Crippen LogP contribution in [0.5, 0.6) is 11.5 Å². The van der Waals surface area contributed by atoms with Crippen LogP contribution in [0.4, 0.5) is 5.69 Å². The van der Waals surface area contributed by atoms with E-state index in [1.165, 1.54) is 42.5 Å². The molecule has 0 saturated carbocycles. The van der Waals surface area contributed by atoms with Crippen LogP contribution in [0.15, 0.2) is 42.5 Å². The Morgan fingerprint density at radius 3 is 1.95 bits per heavy atom. The monoisotopic (exact) mass is 273 g/mol. The van der Waals surface area contributed by atoms with Gasteiger partial charge in [0.1, 0.15) is 17.1 Å². The van der Waals surface area contributed by atoms with Crippen LogP contribution in [0, 0.1) is 0 Å². The number of hydrogen-bond acceptors (Lipinski definition) is 4. The molecule has 2 rings (SSSR count). The summed E-state index contributed by atoms with van der Waals surface area (Å²) in [5.74, 6) is -2.45. The van der Waals surface area contributed by atoms with Gasteiger partial charge in [-0.05, 0) is 36.4 Å². The van der Waals surface area contributed by atoms with Gasteiger partial charge in [-0.25, -0.2) is 4.79 Å². The number of hydrogen-bond donors (Lipinski definition) is 4. The Morgan fingerprint density at radius 2 is 1.45 bits per heavy atom. The molecular formula is C14H11NO5. The third kappa shape index (κ3) is 2.69. The van der Waals surface area contributed by atoms with Crippen molar-refractivity contribution in [2.75, 3.05) is 5.32 Å². The zero-order valence-corrected chi connectivity index (χ0v) is 10.2. The van der Waals surface area contributed by atoms with Crippen LogP contribution in [-0.2, 0) is 0 Å². The molecule has 0 radical (unpaired) electrons. The number of phenols is 2. The van der Waals surface area contributed by atoms with Crippen molar-refractivity contribution in [1.82, 2.24) is 0 Å². The zero-order chi connectivity index (χ0) is 14.7. The highest BCUT2D eigenvalue weighted by Crippen LogP contribution is 2.27. The van der Waals surface area contributed by atoms with Crippen molar-refractivity contribution < 1.29 is 24.9 Å². The standard InChI is InChI=1S/C14H11NO5/c16-10-2-1-3-11(17)12(10)13(18)15-9-6-4-8(5-7-9)14(19)20/h1-7,16-17H,(H,15,18)(H,19,20). The fourth-order valence-corrected chi connectivity index (χ4v) is 1.65. The van der Waals surface area contributed by atoms with E-state index in [0.29, 0.717) is 5.69 Å². The van der Waals surface area contributed by atoms with Crippen molar-refractivity contribution in [3.8, 4) is 11.5 Å². The topological polar surface area (TPSA) is 107 Å². The molecule has 20 heavy (non-hydrogen) atoms. The lowest BCUT2D eigenvalue weighted by atomic mass is 10.1. The zero-order valence-electron chi connectivity index (χ0n) is 10.2. The van der Waals surface area contributed by atoms with Crippen molar-refractivity contribution in [3.63, 3.8) is 0 Å². The molecular weight excluding hydrogens is 262 g/mol. The number of anilines is 1. The molecule has 102 valence electrons. The summed E-state index contributed by atoms with van der Waals surface area (Å²) in [7, 11) is 0. The van der Waals surface area contributed by atoms with Gasteiger partial charge in [0.05, 0.1) is 5.56 Å². The number of carboxylic acids is 1. The third-order valence-corrected chi connectivity index (χ3v) is 2.64. The van der Waals surface area contributed by atoms with Crippen LogP contribution >= 0.6 is 0 Å². The number of carbonyl (C=O) groups is 2. The van der Waals surface area contributed by atoms with E-state index in [0.717, 1.165) is 0 Å².